The Bertz CT molecular complexity index is 398. The van der Waals surface area contributed by atoms with Gasteiger partial charge >= 0.3 is 5.97 Å². The Morgan fingerprint density at radius 1 is 1.73 bits per heavy atom. The van der Waals surface area contributed by atoms with E-state index in [9.17, 15) is 4.79 Å². The molecule has 0 unspecified atom stereocenters. The maximum atomic E-state index is 10.9. The van der Waals surface area contributed by atoms with Gasteiger partial charge in [0.1, 0.15) is 5.56 Å². The van der Waals surface area contributed by atoms with Gasteiger partial charge in [-0.1, -0.05) is 5.92 Å². The normalized spacial score (nSPS) is 9.33. The second-order valence-corrected chi connectivity index (χ2v) is 2.79. The number of hydrogen-bond acceptors (Lipinski definition) is 4. The van der Waals surface area contributed by atoms with Gasteiger partial charge < -0.3 is 10.0 Å². The van der Waals surface area contributed by atoms with Crippen molar-refractivity contribution in [3.63, 3.8) is 0 Å². The molecule has 1 N–H and O–H groups in total. The van der Waals surface area contributed by atoms with Crippen LogP contribution < -0.4 is 4.90 Å². The molecular formula is C10H11N3O2. The van der Waals surface area contributed by atoms with E-state index in [1.807, 2.05) is 6.92 Å². The van der Waals surface area contributed by atoms with Crippen molar-refractivity contribution in [2.45, 2.75) is 6.92 Å². The van der Waals surface area contributed by atoms with Crippen LogP contribution in [0.4, 0.5) is 5.82 Å². The van der Waals surface area contributed by atoms with Gasteiger partial charge in [-0.3, -0.25) is 0 Å². The Morgan fingerprint density at radius 3 is 3.00 bits per heavy atom. The first-order valence-corrected chi connectivity index (χ1v) is 4.44. The van der Waals surface area contributed by atoms with Crippen molar-refractivity contribution in [2.24, 2.45) is 0 Å². The lowest BCUT2D eigenvalue weighted by Crippen LogP contribution is -2.26. The van der Waals surface area contributed by atoms with Gasteiger partial charge in [0, 0.05) is 6.54 Å². The third-order valence-corrected chi connectivity index (χ3v) is 1.90. The summed E-state index contributed by atoms with van der Waals surface area (Å²) in [6.45, 7) is 2.77. The molecule has 0 aliphatic heterocycles. The van der Waals surface area contributed by atoms with Crippen LogP contribution in [0.3, 0.4) is 0 Å². The van der Waals surface area contributed by atoms with Crippen molar-refractivity contribution in [2.75, 3.05) is 18.0 Å². The fourth-order valence-corrected chi connectivity index (χ4v) is 1.17. The van der Waals surface area contributed by atoms with E-state index in [4.69, 9.17) is 11.5 Å². The van der Waals surface area contributed by atoms with Crippen molar-refractivity contribution < 1.29 is 9.90 Å². The molecule has 5 heteroatoms. The summed E-state index contributed by atoms with van der Waals surface area (Å²) in [4.78, 5) is 12.6. The smallest absolute Gasteiger partial charge is 0.339 e. The summed E-state index contributed by atoms with van der Waals surface area (Å²) in [5.74, 6) is 1.73. The van der Waals surface area contributed by atoms with Crippen molar-refractivity contribution in [1.82, 2.24) is 10.2 Å². The Morgan fingerprint density at radius 2 is 2.47 bits per heavy atom. The van der Waals surface area contributed by atoms with E-state index < -0.39 is 5.97 Å². The van der Waals surface area contributed by atoms with E-state index in [-0.39, 0.29) is 5.56 Å². The number of hydrogen-bond donors (Lipinski definition) is 1. The van der Waals surface area contributed by atoms with Gasteiger partial charge in [0.05, 0.1) is 12.7 Å². The molecule has 0 atom stereocenters. The minimum absolute atomic E-state index is 0.113. The number of nitrogens with zero attached hydrogens (tertiary/aromatic N) is 3. The molecule has 0 radical (unpaired) electrons. The van der Waals surface area contributed by atoms with Gasteiger partial charge in [-0.2, -0.15) is 5.10 Å². The number of terminal acetylenes is 1. The first-order valence-electron chi connectivity index (χ1n) is 4.44. The Kier molecular flexibility index (Phi) is 3.63. The molecule has 1 aromatic heterocycles. The molecule has 0 saturated heterocycles. The molecule has 5 nitrogen and oxygen atoms in total. The third kappa shape index (κ3) is 2.44. The molecule has 0 saturated carbocycles. The highest BCUT2D eigenvalue weighted by atomic mass is 16.4. The standard InChI is InChI=1S/C10H11N3O2/c1-3-7-13(4-2)9-8(10(14)15)5-6-11-12-9/h1,5-6H,4,7H2,2H3,(H,14,15). The average molecular weight is 205 g/mol. The maximum absolute atomic E-state index is 10.9. The molecule has 1 rings (SSSR count). The molecule has 78 valence electrons. The van der Waals surface area contributed by atoms with Gasteiger partial charge in [0.15, 0.2) is 5.82 Å². The van der Waals surface area contributed by atoms with Crippen molar-refractivity contribution in [3.05, 3.63) is 17.8 Å². The van der Waals surface area contributed by atoms with Crippen LogP contribution in [-0.2, 0) is 0 Å². The second kappa shape index (κ2) is 4.96. The molecule has 1 heterocycles. The molecule has 0 aromatic carbocycles. The van der Waals surface area contributed by atoms with E-state index >= 15 is 0 Å². The van der Waals surface area contributed by atoms with Crippen LogP contribution in [0.5, 0.6) is 0 Å². The second-order valence-electron chi connectivity index (χ2n) is 2.79. The molecule has 15 heavy (non-hydrogen) atoms. The number of rotatable bonds is 4. The van der Waals surface area contributed by atoms with Crippen LogP contribution in [0.15, 0.2) is 12.3 Å². The first kappa shape index (κ1) is 11.0. The van der Waals surface area contributed by atoms with Crippen LogP contribution in [0, 0.1) is 12.3 Å². The highest BCUT2D eigenvalue weighted by Gasteiger charge is 2.15. The summed E-state index contributed by atoms with van der Waals surface area (Å²) in [6.07, 6.45) is 6.53. The summed E-state index contributed by atoms with van der Waals surface area (Å²) in [5, 5.41) is 16.4. The Hall–Kier alpha value is -2.09. The predicted octanol–water partition coefficient (Wildman–Crippen LogP) is 0.634. The lowest BCUT2D eigenvalue weighted by Gasteiger charge is -2.19. The summed E-state index contributed by atoms with van der Waals surface area (Å²) in [5.41, 5.74) is 0.113. The van der Waals surface area contributed by atoms with E-state index in [1.165, 1.54) is 12.3 Å². The first-order chi connectivity index (χ1) is 7.20. The summed E-state index contributed by atoms with van der Waals surface area (Å²) < 4.78 is 0. The highest BCUT2D eigenvalue weighted by Crippen LogP contribution is 2.15. The van der Waals surface area contributed by atoms with Crippen molar-refractivity contribution in [1.29, 1.82) is 0 Å². The highest BCUT2D eigenvalue weighted by molar-refractivity contribution is 5.93. The molecule has 0 spiro atoms. The predicted molar refractivity (Wildman–Crippen MR) is 55.7 cm³/mol. The molecule has 0 amide bonds. The summed E-state index contributed by atoms with van der Waals surface area (Å²) in [7, 11) is 0. The zero-order valence-electron chi connectivity index (χ0n) is 8.34. The number of aromatic carboxylic acids is 1. The maximum Gasteiger partial charge on any atom is 0.339 e. The topological polar surface area (TPSA) is 66.3 Å². The minimum atomic E-state index is -1.03. The SMILES string of the molecule is C#CCN(CC)c1nnccc1C(=O)O. The van der Waals surface area contributed by atoms with E-state index in [1.54, 1.807) is 4.90 Å². The fourth-order valence-electron chi connectivity index (χ4n) is 1.17. The summed E-state index contributed by atoms with van der Waals surface area (Å²) in [6, 6.07) is 1.41. The van der Waals surface area contributed by atoms with E-state index in [0.29, 0.717) is 18.9 Å². The molecular weight excluding hydrogens is 194 g/mol. The van der Waals surface area contributed by atoms with Crippen molar-refractivity contribution >= 4 is 11.8 Å². The summed E-state index contributed by atoms with van der Waals surface area (Å²) >= 11 is 0. The third-order valence-electron chi connectivity index (χ3n) is 1.90. The monoisotopic (exact) mass is 205 g/mol. The molecule has 1 aromatic rings. The average Bonchev–Trinajstić information content (AvgIpc) is 2.26. The lowest BCUT2D eigenvalue weighted by molar-refractivity contribution is 0.0697. The van der Waals surface area contributed by atoms with Gasteiger partial charge in [-0.15, -0.1) is 11.5 Å². The fraction of sp³-hybridized carbons (Fsp3) is 0.300. The van der Waals surface area contributed by atoms with E-state index in [0.717, 1.165) is 0 Å². The zero-order chi connectivity index (χ0) is 11.3. The van der Waals surface area contributed by atoms with Crippen LogP contribution in [0.25, 0.3) is 0 Å². The van der Waals surface area contributed by atoms with Crippen LogP contribution in [0.1, 0.15) is 17.3 Å². The molecule has 0 aliphatic rings. The Labute approximate surface area is 87.7 Å². The minimum Gasteiger partial charge on any atom is -0.478 e. The van der Waals surface area contributed by atoms with Gasteiger partial charge in [0.25, 0.3) is 0 Å². The van der Waals surface area contributed by atoms with Gasteiger partial charge in [-0.05, 0) is 13.0 Å². The largest absolute Gasteiger partial charge is 0.478 e. The molecule has 0 fully saturated rings. The van der Waals surface area contributed by atoms with Crippen LogP contribution in [0.2, 0.25) is 0 Å². The number of carboxylic acid groups (broad SMARTS) is 1. The molecule has 0 bridgehead atoms. The van der Waals surface area contributed by atoms with Crippen LogP contribution >= 0.6 is 0 Å². The van der Waals surface area contributed by atoms with E-state index in [2.05, 4.69) is 16.1 Å². The number of anilines is 1. The number of carboxylic acids is 1. The number of aromatic nitrogens is 2. The quantitative estimate of drug-likeness (QED) is 0.730. The Balaban J connectivity index is 3.11. The van der Waals surface area contributed by atoms with Crippen LogP contribution in [-0.4, -0.2) is 34.4 Å². The van der Waals surface area contributed by atoms with Gasteiger partial charge in [0.2, 0.25) is 0 Å². The molecule has 0 aliphatic carbocycles. The zero-order valence-corrected chi connectivity index (χ0v) is 8.34. The lowest BCUT2D eigenvalue weighted by atomic mass is 10.2. The van der Waals surface area contributed by atoms with Gasteiger partial charge in [-0.25, -0.2) is 4.79 Å². The number of carbonyl (C=O) groups is 1. The van der Waals surface area contributed by atoms with Crippen molar-refractivity contribution in [3.8, 4) is 12.3 Å².